The number of alkyl halides is 6. The third kappa shape index (κ3) is 5.69. The monoisotopic (exact) mass is 577 g/mol. The Morgan fingerprint density at radius 2 is 1.73 bits per heavy atom. The molecule has 1 atom stereocenters. The lowest BCUT2D eigenvalue weighted by atomic mass is 10.0. The lowest BCUT2D eigenvalue weighted by Crippen LogP contribution is -2.46. The molecule has 41 heavy (non-hydrogen) atoms. The number of amides is 1. The van der Waals surface area contributed by atoms with Crippen molar-refractivity contribution < 1.29 is 35.9 Å². The summed E-state index contributed by atoms with van der Waals surface area (Å²) in [7, 11) is 0. The summed E-state index contributed by atoms with van der Waals surface area (Å²) >= 11 is 0. The lowest BCUT2D eigenvalue weighted by Gasteiger charge is -2.33. The van der Waals surface area contributed by atoms with Gasteiger partial charge in [-0.15, -0.1) is 0 Å². The number of halogens is 6. The zero-order chi connectivity index (χ0) is 29.5. The molecule has 0 unspecified atom stereocenters. The molecule has 1 aromatic carbocycles. The van der Waals surface area contributed by atoms with Crippen molar-refractivity contribution in [2.75, 3.05) is 18.8 Å². The second kappa shape index (κ2) is 10.4. The number of fused-ring (bicyclic) bond motifs is 1. The van der Waals surface area contributed by atoms with Crippen LogP contribution in [-0.4, -0.2) is 60.6 Å². The van der Waals surface area contributed by atoms with Crippen molar-refractivity contribution in [1.29, 1.82) is 0 Å². The van der Waals surface area contributed by atoms with Gasteiger partial charge in [-0.3, -0.25) is 14.6 Å². The maximum atomic E-state index is 13.0. The molecule has 2 N–H and O–H groups in total. The fourth-order valence-corrected chi connectivity index (χ4v) is 4.80. The van der Waals surface area contributed by atoms with Gasteiger partial charge in [0.1, 0.15) is 17.8 Å². The Labute approximate surface area is 228 Å². The molecular weight excluding hydrogens is 556 g/mol. The van der Waals surface area contributed by atoms with Crippen LogP contribution in [0.15, 0.2) is 48.9 Å². The molecule has 4 heterocycles. The Bertz CT molecular complexity index is 1620. The van der Waals surface area contributed by atoms with Crippen LogP contribution < -0.4 is 5.73 Å². The van der Waals surface area contributed by atoms with E-state index in [1.54, 1.807) is 12.1 Å². The number of ketones is 1. The van der Waals surface area contributed by atoms with E-state index in [1.165, 1.54) is 23.1 Å². The summed E-state index contributed by atoms with van der Waals surface area (Å²) in [4.78, 5) is 37.5. The first-order valence-electron chi connectivity index (χ1n) is 12.3. The number of aromatic nitrogens is 5. The SMILES string of the molecule is Nc1ncnc2c1c(-c1ccc(C(=O)Cc3cc(C(F)(F)F)ccn3)cc1)nn2[C@@H]1CCCN(C(=O)C(F)(F)F)C1. The van der Waals surface area contributed by atoms with Crippen LogP contribution in [0.1, 0.15) is 40.5 Å². The van der Waals surface area contributed by atoms with E-state index in [0.29, 0.717) is 29.5 Å². The lowest BCUT2D eigenvalue weighted by molar-refractivity contribution is -0.187. The maximum absolute atomic E-state index is 13.0. The van der Waals surface area contributed by atoms with Gasteiger partial charge in [0.25, 0.3) is 0 Å². The van der Waals surface area contributed by atoms with E-state index < -0.39 is 35.6 Å². The fraction of sp³-hybridized carbons (Fsp3) is 0.308. The van der Waals surface area contributed by atoms with Gasteiger partial charge >= 0.3 is 18.3 Å². The van der Waals surface area contributed by atoms with E-state index in [4.69, 9.17) is 5.73 Å². The summed E-state index contributed by atoms with van der Waals surface area (Å²) in [5, 5.41) is 4.93. The van der Waals surface area contributed by atoms with Crippen molar-refractivity contribution in [2.45, 2.75) is 37.7 Å². The predicted molar refractivity (Wildman–Crippen MR) is 133 cm³/mol. The number of carbonyl (C=O) groups is 2. The van der Waals surface area contributed by atoms with E-state index in [2.05, 4.69) is 20.1 Å². The smallest absolute Gasteiger partial charge is 0.383 e. The molecule has 1 aliphatic rings. The first kappa shape index (κ1) is 28.0. The topological polar surface area (TPSA) is 120 Å². The predicted octanol–water partition coefficient (Wildman–Crippen LogP) is 4.64. The molecule has 1 saturated heterocycles. The number of benzene rings is 1. The quantitative estimate of drug-likeness (QED) is 0.271. The van der Waals surface area contributed by atoms with Gasteiger partial charge in [-0.25, -0.2) is 14.6 Å². The van der Waals surface area contributed by atoms with Crippen molar-refractivity contribution in [3.8, 4) is 11.3 Å². The van der Waals surface area contributed by atoms with Gasteiger partial charge in [-0.05, 0) is 25.0 Å². The molecule has 0 spiro atoms. The zero-order valence-electron chi connectivity index (χ0n) is 21.1. The minimum atomic E-state index is -5.00. The van der Waals surface area contributed by atoms with Crippen LogP contribution in [0.4, 0.5) is 32.2 Å². The van der Waals surface area contributed by atoms with E-state index in [0.717, 1.165) is 23.2 Å². The van der Waals surface area contributed by atoms with Gasteiger partial charge in [0.15, 0.2) is 11.4 Å². The van der Waals surface area contributed by atoms with E-state index in [-0.39, 0.29) is 42.2 Å². The number of likely N-dealkylation sites (tertiary alicyclic amines) is 1. The number of piperidine rings is 1. The van der Waals surface area contributed by atoms with Crippen LogP contribution >= 0.6 is 0 Å². The molecule has 1 fully saturated rings. The highest BCUT2D eigenvalue weighted by Gasteiger charge is 2.44. The molecule has 1 amide bonds. The third-order valence-electron chi connectivity index (χ3n) is 6.76. The normalized spacial score (nSPS) is 16.2. The number of anilines is 1. The number of hydrogen-bond donors (Lipinski definition) is 1. The molecule has 0 aliphatic carbocycles. The first-order chi connectivity index (χ1) is 19.3. The number of nitrogen functional groups attached to an aromatic ring is 1. The van der Waals surface area contributed by atoms with Gasteiger partial charge < -0.3 is 10.6 Å². The molecular formula is C26H21F6N7O2. The number of nitrogens with zero attached hydrogens (tertiary/aromatic N) is 6. The minimum Gasteiger partial charge on any atom is -0.383 e. The second-order valence-corrected chi connectivity index (χ2v) is 9.51. The molecule has 9 nitrogen and oxygen atoms in total. The molecule has 4 aromatic rings. The first-order valence-corrected chi connectivity index (χ1v) is 12.3. The van der Waals surface area contributed by atoms with Crippen molar-refractivity contribution in [3.05, 3.63) is 65.7 Å². The van der Waals surface area contributed by atoms with Gasteiger partial charge in [-0.2, -0.15) is 31.4 Å². The van der Waals surface area contributed by atoms with Crippen molar-refractivity contribution in [1.82, 2.24) is 29.6 Å². The average molecular weight is 577 g/mol. The minimum absolute atomic E-state index is 0.0332. The molecule has 0 saturated carbocycles. The van der Waals surface area contributed by atoms with Crippen LogP contribution in [-0.2, 0) is 17.4 Å². The number of carbonyl (C=O) groups excluding carboxylic acids is 2. The Hall–Kier alpha value is -4.56. The second-order valence-electron chi connectivity index (χ2n) is 9.51. The number of pyridine rings is 1. The molecule has 214 valence electrons. The number of hydrogen-bond acceptors (Lipinski definition) is 7. The van der Waals surface area contributed by atoms with Gasteiger partial charge in [0, 0.05) is 36.1 Å². The van der Waals surface area contributed by atoms with E-state index >= 15 is 0 Å². The van der Waals surface area contributed by atoms with Crippen LogP contribution in [0.2, 0.25) is 0 Å². The zero-order valence-corrected chi connectivity index (χ0v) is 21.1. The average Bonchev–Trinajstić information content (AvgIpc) is 3.33. The highest BCUT2D eigenvalue weighted by Crippen LogP contribution is 2.35. The molecule has 0 bridgehead atoms. The van der Waals surface area contributed by atoms with Gasteiger partial charge in [0.05, 0.1) is 23.4 Å². The third-order valence-corrected chi connectivity index (χ3v) is 6.76. The number of nitrogens with two attached hydrogens (primary N) is 1. The highest BCUT2D eigenvalue weighted by atomic mass is 19.4. The number of Topliss-reactive ketones (excluding diaryl/α,β-unsaturated/α-hetero) is 1. The number of rotatable bonds is 5. The Balaban J connectivity index is 1.42. The largest absolute Gasteiger partial charge is 0.471 e. The van der Waals surface area contributed by atoms with Crippen LogP contribution in [0.3, 0.4) is 0 Å². The van der Waals surface area contributed by atoms with Crippen LogP contribution in [0.5, 0.6) is 0 Å². The Morgan fingerprint density at radius 1 is 1.00 bits per heavy atom. The Kier molecular flexibility index (Phi) is 7.13. The molecule has 1 aliphatic heterocycles. The van der Waals surface area contributed by atoms with Crippen LogP contribution in [0, 0.1) is 0 Å². The standard InChI is InChI=1S/C26H21F6N7O2/c27-25(28,29)16-7-8-34-17(10-16)11-19(40)14-3-5-15(6-4-14)21-20-22(33)35-13-36-23(20)39(37-21)18-2-1-9-38(12-18)24(41)26(30,31)32/h3-8,10,13,18H,1-2,9,11-12H2,(H2,33,35,36)/t18-/m1/s1. The van der Waals surface area contributed by atoms with Crippen molar-refractivity contribution >= 4 is 28.5 Å². The Morgan fingerprint density at radius 3 is 2.41 bits per heavy atom. The molecule has 15 heteroatoms. The van der Waals surface area contributed by atoms with Gasteiger partial charge in [-0.1, -0.05) is 24.3 Å². The molecule has 5 rings (SSSR count). The summed E-state index contributed by atoms with van der Waals surface area (Å²) in [6.07, 6.45) is -6.96. The summed E-state index contributed by atoms with van der Waals surface area (Å²) in [5.74, 6) is -2.31. The van der Waals surface area contributed by atoms with Crippen molar-refractivity contribution in [2.24, 2.45) is 0 Å². The van der Waals surface area contributed by atoms with E-state index in [9.17, 15) is 35.9 Å². The van der Waals surface area contributed by atoms with Crippen LogP contribution in [0.25, 0.3) is 22.3 Å². The van der Waals surface area contributed by atoms with Gasteiger partial charge in [0.2, 0.25) is 0 Å². The fourth-order valence-electron chi connectivity index (χ4n) is 4.80. The summed E-state index contributed by atoms with van der Waals surface area (Å²) in [6.45, 7) is -0.265. The maximum Gasteiger partial charge on any atom is 0.471 e. The highest BCUT2D eigenvalue weighted by molar-refractivity contribution is 6.00. The molecule has 3 aromatic heterocycles. The van der Waals surface area contributed by atoms with E-state index in [1.807, 2.05) is 0 Å². The van der Waals surface area contributed by atoms with Crippen molar-refractivity contribution in [3.63, 3.8) is 0 Å². The summed E-state index contributed by atoms with van der Waals surface area (Å²) < 4.78 is 79.6. The molecule has 0 radical (unpaired) electrons. The summed E-state index contributed by atoms with van der Waals surface area (Å²) in [5.41, 5.74) is 6.47. The summed E-state index contributed by atoms with van der Waals surface area (Å²) in [6, 6.07) is 7.10.